The Hall–Kier alpha value is -2.95. The lowest BCUT2D eigenvalue weighted by atomic mass is 10.1. The Kier molecular flexibility index (Phi) is 4.70. The van der Waals surface area contributed by atoms with Crippen LogP contribution in [-0.4, -0.2) is 21.1 Å². The minimum atomic E-state index is -0.120. The Labute approximate surface area is 141 Å². The number of anilines is 1. The molecule has 0 atom stereocenters. The highest BCUT2D eigenvalue weighted by Crippen LogP contribution is 2.13. The predicted octanol–water partition coefficient (Wildman–Crippen LogP) is 3.19. The summed E-state index contributed by atoms with van der Waals surface area (Å²) in [4.78, 5) is 16.6. The minimum Gasteiger partial charge on any atom is -0.325 e. The number of rotatable bonds is 5. The Balaban J connectivity index is 1.61. The maximum absolute atomic E-state index is 12.1. The Bertz CT molecular complexity index is 854. The number of carbonyl (C=O) groups is 1. The van der Waals surface area contributed by atoms with Crippen LogP contribution in [0.15, 0.2) is 48.5 Å². The standard InChI is InChI=1S/C19H20N4O/c1-13-6-5-8-15(10-13)11-17-21-18(23-22-17)12-19(24)20-16-9-4-3-7-14(16)2/h3-10H,11-12H2,1-2H3,(H,20,24)(H,21,22,23). The molecule has 122 valence electrons. The molecule has 0 fully saturated rings. The van der Waals surface area contributed by atoms with Crippen LogP contribution in [0.4, 0.5) is 5.69 Å². The van der Waals surface area contributed by atoms with Crippen LogP contribution in [-0.2, 0) is 17.6 Å². The van der Waals surface area contributed by atoms with Crippen LogP contribution in [0.3, 0.4) is 0 Å². The molecule has 1 aromatic heterocycles. The van der Waals surface area contributed by atoms with E-state index in [2.05, 4.69) is 45.6 Å². The van der Waals surface area contributed by atoms with Crippen molar-refractivity contribution < 1.29 is 4.79 Å². The number of aryl methyl sites for hydroxylation is 2. The van der Waals surface area contributed by atoms with Gasteiger partial charge in [-0.15, -0.1) is 0 Å². The SMILES string of the molecule is Cc1cccc(Cc2nc(CC(=O)Nc3ccccc3C)n[nH]2)c1. The van der Waals surface area contributed by atoms with Crippen molar-refractivity contribution in [3.05, 3.63) is 76.9 Å². The highest BCUT2D eigenvalue weighted by atomic mass is 16.1. The minimum absolute atomic E-state index is 0.120. The maximum Gasteiger partial charge on any atom is 0.232 e. The smallest absolute Gasteiger partial charge is 0.232 e. The van der Waals surface area contributed by atoms with E-state index in [0.29, 0.717) is 12.2 Å². The molecule has 2 N–H and O–H groups in total. The second-order valence-corrected chi connectivity index (χ2v) is 5.90. The van der Waals surface area contributed by atoms with Gasteiger partial charge in [-0.2, -0.15) is 5.10 Å². The van der Waals surface area contributed by atoms with Gasteiger partial charge in [-0.25, -0.2) is 4.98 Å². The largest absolute Gasteiger partial charge is 0.325 e. The molecule has 1 heterocycles. The Morgan fingerprint density at radius 2 is 1.96 bits per heavy atom. The molecule has 0 saturated carbocycles. The van der Waals surface area contributed by atoms with E-state index < -0.39 is 0 Å². The first-order chi connectivity index (χ1) is 11.6. The topological polar surface area (TPSA) is 70.7 Å². The number of nitrogens with one attached hydrogen (secondary N) is 2. The quantitative estimate of drug-likeness (QED) is 0.758. The third-order valence-electron chi connectivity index (χ3n) is 3.77. The summed E-state index contributed by atoms with van der Waals surface area (Å²) in [6, 6.07) is 15.9. The van der Waals surface area contributed by atoms with Crippen LogP contribution in [0.25, 0.3) is 0 Å². The Morgan fingerprint density at radius 3 is 2.75 bits per heavy atom. The van der Waals surface area contributed by atoms with Crippen LogP contribution >= 0.6 is 0 Å². The molecule has 0 aliphatic heterocycles. The van der Waals surface area contributed by atoms with Crippen LogP contribution in [0, 0.1) is 13.8 Å². The fourth-order valence-electron chi connectivity index (χ4n) is 2.56. The molecule has 5 heteroatoms. The zero-order valence-corrected chi connectivity index (χ0v) is 13.8. The van der Waals surface area contributed by atoms with Gasteiger partial charge in [-0.05, 0) is 31.0 Å². The number of hydrogen-bond donors (Lipinski definition) is 2. The highest BCUT2D eigenvalue weighted by Gasteiger charge is 2.10. The number of amides is 1. The summed E-state index contributed by atoms with van der Waals surface area (Å²) < 4.78 is 0. The third kappa shape index (κ3) is 4.07. The number of aromatic amines is 1. The lowest BCUT2D eigenvalue weighted by Crippen LogP contribution is -2.16. The van der Waals surface area contributed by atoms with Crippen LogP contribution in [0.2, 0.25) is 0 Å². The lowest BCUT2D eigenvalue weighted by molar-refractivity contribution is -0.115. The predicted molar refractivity (Wildman–Crippen MR) is 93.9 cm³/mol. The van der Waals surface area contributed by atoms with Gasteiger partial charge in [0.05, 0.1) is 6.42 Å². The van der Waals surface area contributed by atoms with E-state index in [1.54, 1.807) is 0 Å². The van der Waals surface area contributed by atoms with Crippen molar-refractivity contribution in [1.29, 1.82) is 0 Å². The zero-order chi connectivity index (χ0) is 16.9. The van der Waals surface area contributed by atoms with E-state index >= 15 is 0 Å². The number of aromatic nitrogens is 3. The highest BCUT2D eigenvalue weighted by molar-refractivity contribution is 5.92. The molecule has 24 heavy (non-hydrogen) atoms. The van der Waals surface area contributed by atoms with E-state index in [-0.39, 0.29) is 12.3 Å². The fourth-order valence-corrected chi connectivity index (χ4v) is 2.56. The second-order valence-electron chi connectivity index (χ2n) is 5.90. The molecule has 3 rings (SSSR count). The van der Waals surface area contributed by atoms with Crippen LogP contribution in [0.5, 0.6) is 0 Å². The molecule has 0 aliphatic rings. The van der Waals surface area contributed by atoms with Crippen molar-refractivity contribution in [3.63, 3.8) is 0 Å². The van der Waals surface area contributed by atoms with Crippen LogP contribution in [0.1, 0.15) is 28.3 Å². The summed E-state index contributed by atoms with van der Waals surface area (Å²) >= 11 is 0. The average molecular weight is 320 g/mol. The molecule has 5 nitrogen and oxygen atoms in total. The Morgan fingerprint density at radius 1 is 1.12 bits per heavy atom. The molecule has 0 aliphatic carbocycles. The van der Waals surface area contributed by atoms with Crippen molar-refractivity contribution >= 4 is 11.6 Å². The van der Waals surface area contributed by atoms with E-state index in [0.717, 1.165) is 17.1 Å². The van der Waals surface area contributed by atoms with Crippen molar-refractivity contribution in [3.8, 4) is 0 Å². The van der Waals surface area contributed by atoms with Gasteiger partial charge in [-0.1, -0.05) is 48.0 Å². The fraction of sp³-hybridized carbons (Fsp3) is 0.211. The number of H-pyrrole nitrogens is 1. The molecule has 3 aromatic rings. The van der Waals surface area contributed by atoms with Gasteiger partial charge in [0.1, 0.15) is 5.82 Å². The van der Waals surface area contributed by atoms with E-state index in [1.807, 2.05) is 37.3 Å². The lowest BCUT2D eigenvalue weighted by Gasteiger charge is -2.06. The van der Waals surface area contributed by atoms with Crippen molar-refractivity contribution in [2.45, 2.75) is 26.7 Å². The summed E-state index contributed by atoms with van der Waals surface area (Å²) in [7, 11) is 0. The van der Waals surface area contributed by atoms with Crippen molar-refractivity contribution in [2.75, 3.05) is 5.32 Å². The van der Waals surface area contributed by atoms with Crippen LogP contribution < -0.4 is 5.32 Å². The number of benzene rings is 2. The van der Waals surface area contributed by atoms with Gasteiger partial charge in [0, 0.05) is 12.1 Å². The maximum atomic E-state index is 12.1. The van der Waals surface area contributed by atoms with Gasteiger partial charge >= 0.3 is 0 Å². The molecule has 2 aromatic carbocycles. The van der Waals surface area contributed by atoms with Gasteiger partial charge < -0.3 is 5.32 Å². The zero-order valence-electron chi connectivity index (χ0n) is 13.8. The number of para-hydroxylation sites is 1. The molecular formula is C19H20N4O. The summed E-state index contributed by atoms with van der Waals surface area (Å²) in [5.74, 6) is 1.15. The van der Waals surface area contributed by atoms with Gasteiger partial charge in [0.25, 0.3) is 0 Å². The molecule has 1 amide bonds. The summed E-state index contributed by atoms with van der Waals surface area (Å²) in [6.07, 6.45) is 0.826. The monoisotopic (exact) mass is 320 g/mol. The number of hydrogen-bond acceptors (Lipinski definition) is 3. The second kappa shape index (κ2) is 7.08. The third-order valence-corrected chi connectivity index (χ3v) is 3.77. The van der Waals surface area contributed by atoms with E-state index in [4.69, 9.17) is 0 Å². The van der Waals surface area contributed by atoms with Crippen molar-refractivity contribution in [1.82, 2.24) is 15.2 Å². The first-order valence-electron chi connectivity index (χ1n) is 7.91. The van der Waals surface area contributed by atoms with E-state index in [1.165, 1.54) is 11.1 Å². The average Bonchev–Trinajstić information content (AvgIpc) is 2.96. The van der Waals surface area contributed by atoms with Crippen molar-refractivity contribution in [2.24, 2.45) is 0 Å². The number of carbonyl (C=O) groups excluding carboxylic acids is 1. The van der Waals surface area contributed by atoms with Gasteiger partial charge in [-0.3, -0.25) is 9.89 Å². The first kappa shape index (κ1) is 15.9. The molecule has 0 spiro atoms. The summed E-state index contributed by atoms with van der Waals surface area (Å²) in [5, 5.41) is 9.95. The first-order valence-corrected chi connectivity index (χ1v) is 7.91. The molecule has 0 bridgehead atoms. The molecule has 0 unspecified atom stereocenters. The molecule has 0 saturated heterocycles. The molecule has 0 radical (unpaired) electrons. The normalized spacial score (nSPS) is 10.6. The van der Waals surface area contributed by atoms with Gasteiger partial charge in [0.15, 0.2) is 5.82 Å². The summed E-state index contributed by atoms with van der Waals surface area (Å²) in [6.45, 7) is 4.02. The number of nitrogens with zero attached hydrogens (tertiary/aromatic N) is 2. The van der Waals surface area contributed by atoms with Gasteiger partial charge in [0.2, 0.25) is 5.91 Å². The van der Waals surface area contributed by atoms with E-state index in [9.17, 15) is 4.79 Å². The summed E-state index contributed by atoms with van der Waals surface area (Å²) in [5.41, 5.74) is 4.23. The molecular weight excluding hydrogens is 300 g/mol.